The standard InChI is InChI=1S/C16H11NS/c1-3-7-15-11(5-1)13(9-17-15)14-10-18-16-8-4-2-6-12(14)16/h1-10,17H. The molecule has 0 atom stereocenters. The summed E-state index contributed by atoms with van der Waals surface area (Å²) in [5, 5.41) is 4.88. The molecule has 1 N–H and O–H groups in total. The Morgan fingerprint density at radius 3 is 2.50 bits per heavy atom. The molecule has 0 saturated heterocycles. The summed E-state index contributed by atoms with van der Waals surface area (Å²) in [6.45, 7) is 0. The van der Waals surface area contributed by atoms with Crippen molar-refractivity contribution in [3.63, 3.8) is 0 Å². The van der Waals surface area contributed by atoms with Crippen molar-refractivity contribution in [1.82, 2.24) is 4.98 Å². The summed E-state index contributed by atoms with van der Waals surface area (Å²) in [6.07, 6.45) is 2.11. The van der Waals surface area contributed by atoms with Gasteiger partial charge < -0.3 is 4.98 Å². The molecule has 2 heteroatoms. The lowest BCUT2D eigenvalue weighted by Gasteiger charge is -1.97. The number of H-pyrrole nitrogens is 1. The molecule has 2 aromatic heterocycles. The number of hydrogen-bond acceptors (Lipinski definition) is 1. The molecule has 2 heterocycles. The van der Waals surface area contributed by atoms with Crippen LogP contribution in [0.5, 0.6) is 0 Å². The molecule has 0 spiro atoms. The van der Waals surface area contributed by atoms with Crippen LogP contribution in [-0.2, 0) is 0 Å². The second kappa shape index (κ2) is 3.72. The van der Waals surface area contributed by atoms with E-state index in [1.54, 1.807) is 11.3 Å². The summed E-state index contributed by atoms with van der Waals surface area (Å²) in [6, 6.07) is 17.0. The molecule has 0 aliphatic carbocycles. The van der Waals surface area contributed by atoms with Crippen LogP contribution in [0, 0.1) is 0 Å². The first-order valence-electron chi connectivity index (χ1n) is 5.96. The van der Waals surface area contributed by atoms with Gasteiger partial charge in [0.25, 0.3) is 0 Å². The highest BCUT2D eigenvalue weighted by Crippen LogP contribution is 2.37. The summed E-state index contributed by atoms with van der Waals surface area (Å²) in [5.41, 5.74) is 3.82. The maximum atomic E-state index is 3.35. The Morgan fingerprint density at radius 2 is 1.56 bits per heavy atom. The minimum Gasteiger partial charge on any atom is -0.361 e. The fraction of sp³-hybridized carbons (Fsp3) is 0. The van der Waals surface area contributed by atoms with E-state index in [1.165, 1.54) is 32.1 Å². The number of fused-ring (bicyclic) bond motifs is 2. The third-order valence-electron chi connectivity index (χ3n) is 3.36. The molecule has 86 valence electrons. The predicted octanol–water partition coefficient (Wildman–Crippen LogP) is 5.05. The van der Waals surface area contributed by atoms with Crippen molar-refractivity contribution in [1.29, 1.82) is 0 Å². The first-order valence-corrected chi connectivity index (χ1v) is 6.84. The SMILES string of the molecule is c1ccc2c(-c3csc4ccccc34)c[nH]c2c1. The van der Waals surface area contributed by atoms with Crippen LogP contribution in [-0.4, -0.2) is 4.98 Å². The molecule has 1 nitrogen and oxygen atoms in total. The summed E-state index contributed by atoms with van der Waals surface area (Å²) in [5.74, 6) is 0. The Labute approximate surface area is 109 Å². The Kier molecular flexibility index (Phi) is 2.05. The maximum Gasteiger partial charge on any atom is 0.0460 e. The highest BCUT2D eigenvalue weighted by atomic mass is 32.1. The van der Waals surface area contributed by atoms with Gasteiger partial charge in [0, 0.05) is 38.3 Å². The van der Waals surface area contributed by atoms with E-state index in [-0.39, 0.29) is 0 Å². The van der Waals surface area contributed by atoms with Crippen LogP contribution in [0.4, 0.5) is 0 Å². The topological polar surface area (TPSA) is 15.8 Å². The summed E-state index contributed by atoms with van der Waals surface area (Å²) in [4.78, 5) is 3.35. The summed E-state index contributed by atoms with van der Waals surface area (Å²) >= 11 is 1.81. The van der Waals surface area contributed by atoms with Gasteiger partial charge in [0.05, 0.1) is 0 Å². The van der Waals surface area contributed by atoms with Crippen molar-refractivity contribution in [2.24, 2.45) is 0 Å². The molecule has 0 radical (unpaired) electrons. The van der Waals surface area contributed by atoms with Gasteiger partial charge in [-0.05, 0) is 17.5 Å². The second-order valence-electron chi connectivity index (χ2n) is 4.39. The zero-order chi connectivity index (χ0) is 11.9. The number of aromatic amines is 1. The molecular weight excluding hydrogens is 238 g/mol. The van der Waals surface area contributed by atoms with Crippen molar-refractivity contribution in [3.05, 3.63) is 60.1 Å². The van der Waals surface area contributed by atoms with E-state index in [0.29, 0.717) is 0 Å². The van der Waals surface area contributed by atoms with Gasteiger partial charge in [-0.25, -0.2) is 0 Å². The fourth-order valence-corrected chi connectivity index (χ4v) is 3.44. The van der Waals surface area contributed by atoms with Gasteiger partial charge in [0.2, 0.25) is 0 Å². The van der Waals surface area contributed by atoms with Gasteiger partial charge in [-0.1, -0.05) is 36.4 Å². The van der Waals surface area contributed by atoms with Crippen LogP contribution in [0.25, 0.3) is 32.1 Å². The monoisotopic (exact) mass is 249 g/mol. The van der Waals surface area contributed by atoms with Crippen LogP contribution in [0.2, 0.25) is 0 Å². The van der Waals surface area contributed by atoms with E-state index < -0.39 is 0 Å². The highest BCUT2D eigenvalue weighted by Gasteiger charge is 2.10. The van der Waals surface area contributed by atoms with Crippen molar-refractivity contribution in [2.75, 3.05) is 0 Å². The number of para-hydroxylation sites is 1. The lowest BCUT2D eigenvalue weighted by atomic mass is 10.0. The van der Waals surface area contributed by atoms with Gasteiger partial charge >= 0.3 is 0 Å². The molecule has 0 saturated carbocycles. The minimum absolute atomic E-state index is 1.20. The molecule has 4 rings (SSSR count). The van der Waals surface area contributed by atoms with E-state index in [0.717, 1.165) is 0 Å². The van der Waals surface area contributed by atoms with E-state index in [9.17, 15) is 0 Å². The zero-order valence-electron chi connectivity index (χ0n) is 9.68. The summed E-state index contributed by atoms with van der Waals surface area (Å²) in [7, 11) is 0. The van der Waals surface area contributed by atoms with E-state index in [1.807, 2.05) is 0 Å². The maximum absolute atomic E-state index is 3.35. The smallest absolute Gasteiger partial charge is 0.0460 e. The average Bonchev–Trinajstić information content (AvgIpc) is 3.01. The molecule has 0 aliphatic rings. The molecule has 0 bridgehead atoms. The van der Waals surface area contributed by atoms with Crippen molar-refractivity contribution < 1.29 is 0 Å². The molecular formula is C16H11NS. The zero-order valence-corrected chi connectivity index (χ0v) is 10.5. The Balaban J connectivity index is 2.08. The number of thiophene rings is 1. The minimum atomic E-state index is 1.20. The molecule has 18 heavy (non-hydrogen) atoms. The van der Waals surface area contributed by atoms with Crippen LogP contribution in [0.1, 0.15) is 0 Å². The van der Waals surface area contributed by atoms with Gasteiger partial charge in [-0.15, -0.1) is 11.3 Å². The quantitative estimate of drug-likeness (QED) is 0.486. The van der Waals surface area contributed by atoms with E-state index in [2.05, 4.69) is 65.1 Å². The fourth-order valence-electron chi connectivity index (χ4n) is 2.48. The molecule has 2 aromatic carbocycles. The average molecular weight is 249 g/mol. The molecule has 0 amide bonds. The molecule has 0 aliphatic heterocycles. The number of hydrogen-bond donors (Lipinski definition) is 1. The van der Waals surface area contributed by atoms with Gasteiger partial charge in [0.1, 0.15) is 0 Å². The van der Waals surface area contributed by atoms with Gasteiger partial charge in [-0.3, -0.25) is 0 Å². The van der Waals surface area contributed by atoms with E-state index in [4.69, 9.17) is 0 Å². The van der Waals surface area contributed by atoms with Crippen LogP contribution in [0.15, 0.2) is 60.1 Å². The van der Waals surface area contributed by atoms with Crippen molar-refractivity contribution >= 4 is 32.3 Å². The number of nitrogens with one attached hydrogen (secondary N) is 1. The van der Waals surface area contributed by atoms with Crippen LogP contribution < -0.4 is 0 Å². The number of rotatable bonds is 1. The Bertz CT molecular complexity index is 766. The lowest BCUT2D eigenvalue weighted by molar-refractivity contribution is 1.48. The van der Waals surface area contributed by atoms with Crippen molar-refractivity contribution in [2.45, 2.75) is 0 Å². The molecule has 0 fully saturated rings. The van der Waals surface area contributed by atoms with Crippen LogP contribution >= 0.6 is 11.3 Å². The third-order valence-corrected chi connectivity index (χ3v) is 4.32. The Hall–Kier alpha value is -2.06. The third kappa shape index (κ3) is 1.33. The van der Waals surface area contributed by atoms with Crippen LogP contribution in [0.3, 0.4) is 0 Å². The van der Waals surface area contributed by atoms with E-state index >= 15 is 0 Å². The van der Waals surface area contributed by atoms with Crippen molar-refractivity contribution in [3.8, 4) is 11.1 Å². The Morgan fingerprint density at radius 1 is 0.778 bits per heavy atom. The number of aromatic nitrogens is 1. The van der Waals surface area contributed by atoms with Gasteiger partial charge in [-0.2, -0.15) is 0 Å². The predicted molar refractivity (Wildman–Crippen MR) is 79.1 cm³/mol. The van der Waals surface area contributed by atoms with Gasteiger partial charge in [0.15, 0.2) is 0 Å². The highest BCUT2D eigenvalue weighted by molar-refractivity contribution is 7.17. The first-order chi connectivity index (χ1) is 8.93. The molecule has 4 aromatic rings. The second-order valence-corrected chi connectivity index (χ2v) is 5.30. The lowest BCUT2D eigenvalue weighted by Crippen LogP contribution is -1.72. The normalized spacial score (nSPS) is 11.3. The first kappa shape index (κ1) is 9.92. The number of benzene rings is 2. The summed E-state index contributed by atoms with van der Waals surface area (Å²) < 4.78 is 1.35. The largest absolute Gasteiger partial charge is 0.361 e. The molecule has 0 unspecified atom stereocenters.